The number of hydrogen-bond acceptors (Lipinski definition) is 5. The van der Waals surface area contributed by atoms with Gasteiger partial charge < -0.3 is 9.64 Å². The van der Waals surface area contributed by atoms with E-state index in [1.54, 1.807) is 11.8 Å². The minimum atomic E-state index is -0.762. The highest BCUT2D eigenvalue weighted by Gasteiger charge is 2.31. The fraction of sp³-hybridized carbons (Fsp3) is 0.263. The van der Waals surface area contributed by atoms with Gasteiger partial charge in [-0.1, -0.05) is 24.3 Å². The van der Waals surface area contributed by atoms with Gasteiger partial charge in [-0.05, 0) is 38.0 Å². The fourth-order valence-corrected chi connectivity index (χ4v) is 3.16. The molecular weight excluding hydrogens is 336 g/mol. The van der Waals surface area contributed by atoms with Crippen LogP contribution in [0.25, 0.3) is 0 Å². The molecule has 0 radical (unpaired) electrons. The van der Waals surface area contributed by atoms with Crippen LogP contribution in [0.5, 0.6) is 0 Å². The number of rotatable bonds is 4. The van der Waals surface area contributed by atoms with Crippen LogP contribution < -0.4 is 4.90 Å². The van der Waals surface area contributed by atoms with Gasteiger partial charge in [-0.2, -0.15) is 0 Å². The largest absolute Gasteiger partial charge is 0.452 e. The first-order valence-corrected chi connectivity index (χ1v) is 8.20. The SMILES string of the molecule is Cc1ccc(C(=O)OCC(=O)N2c3ccccc3C[C@@H]2C)cc1[N+](=O)[O-]. The van der Waals surface area contributed by atoms with Crippen molar-refractivity contribution in [2.75, 3.05) is 11.5 Å². The number of aryl methyl sites for hydroxylation is 1. The molecule has 0 saturated carbocycles. The van der Waals surface area contributed by atoms with Crippen LogP contribution in [-0.4, -0.2) is 29.4 Å². The van der Waals surface area contributed by atoms with E-state index in [0.717, 1.165) is 23.7 Å². The third-order valence-electron chi connectivity index (χ3n) is 4.44. The highest BCUT2D eigenvalue weighted by atomic mass is 16.6. The summed E-state index contributed by atoms with van der Waals surface area (Å²) in [5.41, 5.74) is 2.24. The third kappa shape index (κ3) is 3.28. The molecule has 1 aliphatic rings. The van der Waals surface area contributed by atoms with Gasteiger partial charge >= 0.3 is 5.97 Å². The molecule has 0 aliphatic carbocycles. The summed E-state index contributed by atoms with van der Waals surface area (Å²) >= 11 is 0. The number of carbonyl (C=O) groups is 2. The second kappa shape index (κ2) is 6.95. The zero-order valence-electron chi connectivity index (χ0n) is 14.5. The highest BCUT2D eigenvalue weighted by Crippen LogP contribution is 2.31. The number of anilines is 1. The van der Waals surface area contributed by atoms with Crippen molar-refractivity contribution in [3.63, 3.8) is 0 Å². The van der Waals surface area contributed by atoms with Crippen molar-refractivity contribution in [3.8, 4) is 0 Å². The maximum atomic E-state index is 12.5. The Labute approximate surface area is 150 Å². The Morgan fingerprint density at radius 3 is 2.73 bits per heavy atom. The first kappa shape index (κ1) is 17.6. The number of nitro benzene ring substituents is 1. The number of nitrogens with zero attached hydrogens (tertiary/aromatic N) is 2. The van der Waals surface area contributed by atoms with E-state index in [-0.39, 0.29) is 23.2 Å². The van der Waals surface area contributed by atoms with E-state index < -0.39 is 17.5 Å². The van der Waals surface area contributed by atoms with E-state index in [4.69, 9.17) is 4.74 Å². The number of hydrogen-bond donors (Lipinski definition) is 0. The van der Waals surface area contributed by atoms with Gasteiger partial charge in [0.05, 0.1) is 10.5 Å². The molecule has 2 aromatic rings. The van der Waals surface area contributed by atoms with Crippen molar-refractivity contribution in [3.05, 3.63) is 69.3 Å². The molecule has 1 heterocycles. The maximum absolute atomic E-state index is 12.5. The van der Waals surface area contributed by atoms with E-state index in [1.807, 2.05) is 31.2 Å². The summed E-state index contributed by atoms with van der Waals surface area (Å²) in [6, 6.07) is 11.7. The number of esters is 1. The molecule has 7 nitrogen and oxygen atoms in total. The minimum absolute atomic E-state index is 0.0148. The Hall–Kier alpha value is -3.22. The van der Waals surface area contributed by atoms with E-state index in [2.05, 4.69) is 0 Å². The summed E-state index contributed by atoms with van der Waals surface area (Å²) in [6.45, 7) is 3.10. The van der Waals surface area contributed by atoms with Gasteiger partial charge in [-0.3, -0.25) is 14.9 Å². The number of fused-ring (bicyclic) bond motifs is 1. The van der Waals surface area contributed by atoms with Crippen LogP contribution in [0.15, 0.2) is 42.5 Å². The lowest BCUT2D eigenvalue weighted by Crippen LogP contribution is -2.38. The summed E-state index contributed by atoms with van der Waals surface area (Å²) in [5.74, 6) is -1.08. The molecule has 0 saturated heterocycles. The van der Waals surface area contributed by atoms with Crippen molar-refractivity contribution < 1.29 is 19.2 Å². The topological polar surface area (TPSA) is 89.8 Å². The molecule has 1 aliphatic heterocycles. The number of benzene rings is 2. The quantitative estimate of drug-likeness (QED) is 0.478. The molecule has 0 unspecified atom stereocenters. The van der Waals surface area contributed by atoms with Gasteiger partial charge in [0.15, 0.2) is 6.61 Å². The van der Waals surface area contributed by atoms with Crippen molar-refractivity contribution in [2.24, 2.45) is 0 Å². The predicted octanol–water partition coefficient (Wildman–Crippen LogP) is 3.04. The highest BCUT2D eigenvalue weighted by molar-refractivity contribution is 5.99. The number of nitro groups is 1. The van der Waals surface area contributed by atoms with Crippen molar-refractivity contribution in [1.29, 1.82) is 0 Å². The molecule has 0 fully saturated rings. The molecule has 2 aromatic carbocycles. The second-order valence-corrected chi connectivity index (χ2v) is 6.28. The van der Waals surface area contributed by atoms with E-state index in [1.165, 1.54) is 12.1 Å². The normalized spacial score (nSPS) is 15.5. The number of ether oxygens (including phenoxy) is 1. The maximum Gasteiger partial charge on any atom is 0.338 e. The van der Waals surface area contributed by atoms with Crippen molar-refractivity contribution in [2.45, 2.75) is 26.3 Å². The van der Waals surface area contributed by atoms with E-state index >= 15 is 0 Å². The van der Waals surface area contributed by atoms with Crippen LogP contribution in [0.2, 0.25) is 0 Å². The van der Waals surface area contributed by atoms with Crippen LogP contribution in [0.4, 0.5) is 11.4 Å². The summed E-state index contributed by atoms with van der Waals surface area (Å²) in [7, 11) is 0. The Kier molecular flexibility index (Phi) is 4.71. The molecule has 0 aromatic heterocycles. The fourth-order valence-electron chi connectivity index (χ4n) is 3.16. The first-order valence-electron chi connectivity index (χ1n) is 8.20. The van der Waals surface area contributed by atoms with Gasteiger partial charge in [0.1, 0.15) is 0 Å². The molecule has 0 N–H and O–H groups in total. The standard InChI is InChI=1S/C19H18N2O5/c1-12-7-8-15(10-17(12)21(24)25)19(23)26-11-18(22)20-13(2)9-14-5-3-4-6-16(14)20/h3-8,10,13H,9,11H2,1-2H3/t13-/m0/s1. The Balaban J connectivity index is 1.69. The molecule has 134 valence electrons. The van der Waals surface area contributed by atoms with E-state index in [9.17, 15) is 19.7 Å². The molecule has 0 bridgehead atoms. The van der Waals surface area contributed by atoms with E-state index in [0.29, 0.717) is 5.56 Å². The second-order valence-electron chi connectivity index (χ2n) is 6.28. The van der Waals surface area contributed by atoms with Crippen molar-refractivity contribution >= 4 is 23.3 Å². The van der Waals surface area contributed by atoms with Crippen LogP contribution in [-0.2, 0) is 16.0 Å². The van der Waals surface area contributed by atoms with Crippen LogP contribution >= 0.6 is 0 Å². The number of carbonyl (C=O) groups excluding carboxylic acids is 2. The molecule has 3 rings (SSSR count). The lowest BCUT2D eigenvalue weighted by atomic mass is 10.1. The molecule has 1 amide bonds. The number of para-hydroxylation sites is 1. The van der Waals surface area contributed by atoms with Crippen LogP contribution in [0, 0.1) is 17.0 Å². The smallest absolute Gasteiger partial charge is 0.338 e. The summed E-state index contributed by atoms with van der Waals surface area (Å²) in [6.07, 6.45) is 0.750. The average molecular weight is 354 g/mol. The summed E-state index contributed by atoms with van der Waals surface area (Å²) in [5, 5.41) is 11.0. The van der Waals surface area contributed by atoms with Crippen molar-refractivity contribution in [1.82, 2.24) is 0 Å². The zero-order chi connectivity index (χ0) is 18.8. The summed E-state index contributed by atoms with van der Waals surface area (Å²) < 4.78 is 5.09. The van der Waals surface area contributed by atoms with Gasteiger partial charge in [-0.15, -0.1) is 0 Å². The lowest BCUT2D eigenvalue weighted by Gasteiger charge is -2.22. The predicted molar refractivity (Wildman–Crippen MR) is 95.2 cm³/mol. The molecular formula is C19H18N2O5. The Bertz CT molecular complexity index is 893. The van der Waals surface area contributed by atoms with Gasteiger partial charge in [-0.25, -0.2) is 4.79 Å². The van der Waals surface area contributed by atoms with Gasteiger partial charge in [0.25, 0.3) is 11.6 Å². The lowest BCUT2D eigenvalue weighted by molar-refractivity contribution is -0.385. The minimum Gasteiger partial charge on any atom is -0.452 e. The Morgan fingerprint density at radius 1 is 1.27 bits per heavy atom. The molecule has 7 heteroatoms. The van der Waals surface area contributed by atoms with Gasteiger partial charge in [0.2, 0.25) is 0 Å². The molecule has 1 atom stereocenters. The van der Waals surface area contributed by atoms with Crippen LogP contribution in [0.1, 0.15) is 28.4 Å². The Morgan fingerprint density at radius 2 is 2.00 bits per heavy atom. The zero-order valence-corrected chi connectivity index (χ0v) is 14.5. The third-order valence-corrected chi connectivity index (χ3v) is 4.44. The first-order chi connectivity index (χ1) is 12.4. The summed E-state index contributed by atoms with van der Waals surface area (Å²) in [4.78, 5) is 36.7. The average Bonchev–Trinajstić information content (AvgIpc) is 2.95. The van der Waals surface area contributed by atoms with Gasteiger partial charge in [0, 0.05) is 23.4 Å². The van der Waals surface area contributed by atoms with Crippen LogP contribution in [0.3, 0.4) is 0 Å². The molecule has 26 heavy (non-hydrogen) atoms. The monoisotopic (exact) mass is 354 g/mol. The number of amides is 1. The molecule has 0 spiro atoms.